The van der Waals surface area contributed by atoms with Gasteiger partial charge < -0.3 is 13.9 Å². The Bertz CT molecular complexity index is 713. The van der Waals surface area contributed by atoms with E-state index in [9.17, 15) is 0 Å². The Labute approximate surface area is 187 Å². The Balaban J connectivity index is 2.05. The van der Waals surface area contributed by atoms with Crippen LogP contribution >= 0.6 is 11.8 Å². The number of hydrogen-bond donors (Lipinski definition) is 0. The number of rotatable bonds is 11. The molecule has 0 aromatic heterocycles. The van der Waals surface area contributed by atoms with Gasteiger partial charge in [0.15, 0.2) is 6.29 Å². The van der Waals surface area contributed by atoms with Crippen molar-refractivity contribution in [2.75, 3.05) is 19.0 Å². The molecule has 2 aromatic rings. The highest BCUT2D eigenvalue weighted by Crippen LogP contribution is 2.43. The van der Waals surface area contributed by atoms with Crippen molar-refractivity contribution in [1.82, 2.24) is 0 Å². The number of thioether (sulfide) groups is 1. The minimum absolute atomic E-state index is 0.0275. The lowest BCUT2D eigenvalue weighted by atomic mass is 10.2. The van der Waals surface area contributed by atoms with Gasteiger partial charge in [0.05, 0.1) is 6.10 Å². The van der Waals surface area contributed by atoms with Crippen molar-refractivity contribution in [3.05, 3.63) is 60.7 Å². The third kappa shape index (κ3) is 5.38. The maximum atomic E-state index is 7.38. The molecule has 1 heterocycles. The van der Waals surface area contributed by atoms with Crippen molar-refractivity contribution < 1.29 is 13.9 Å². The Morgan fingerprint density at radius 1 is 0.900 bits per heavy atom. The molecule has 0 spiro atoms. The summed E-state index contributed by atoms with van der Waals surface area (Å²) >= 11 is 1.98. The molecule has 0 N–H and O–H groups in total. The Hall–Kier alpha value is -1.11. The first-order valence-corrected chi connectivity index (χ1v) is 14.0. The van der Waals surface area contributed by atoms with Crippen LogP contribution in [0.5, 0.6) is 0 Å². The molecule has 2 atom stereocenters. The van der Waals surface area contributed by atoms with Crippen LogP contribution in [0.4, 0.5) is 0 Å². The zero-order chi connectivity index (χ0) is 21.6. The van der Waals surface area contributed by atoms with E-state index in [1.165, 1.54) is 10.4 Å². The minimum atomic E-state index is -2.57. The molecule has 1 aliphatic heterocycles. The fourth-order valence-corrected chi connectivity index (χ4v) is 9.75. The maximum Gasteiger partial charge on any atom is 0.261 e. The lowest BCUT2D eigenvalue weighted by Gasteiger charge is -2.45. The minimum Gasteiger partial charge on any atom is -0.403 e. The van der Waals surface area contributed by atoms with Gasteiger partial charge in [-0.25, -0.2) is 0 Å². The van der Waals surface area contributed by atoms with Crippen molar-refractivity contribution in [3.8, 4) is 0 Å². The molecule has 5 heteroatoms. The molecule has 0 amide bonds. The quantitative estimate of drug-likeness (QED) is 0.282. The van der Waals surface area contributed by atoms with Gasteiger partial charge in [-0.1, -0.05) is 81.4 Å². The molecular weight excluding hydrogens is 408 g/mol. The summed E-state index contributed by atoms with van der Waals surface area (Å²) in [7, 11) is -2.57. The van der Waals surface area contributed by atoms with Gasteiger partial charge in [0.2, 0.25) is 0 Å². The van der Waals surface area contributed by atoms with Crippen molar-refractivity contribution in [2.24, 2.45) is 0 Å². The van der Waals surface area contributed by atoms with E-state index >= 15 is 0 Å². The smallest absolute Gasteiger partial charge is 0.261 e. The van der Waals surface area contributed by atoms with Crippen LogP contribution in [0.15, 0.2) is 60.7 Å². The third-order valence-corrected chi connectivity index (χ3v) is 11.7. The molecule has 0 unspecified atom stereocenters. The van der Waals surface area contributed by atoms with Gasteiger partial charge in [0.1, 0.15) is 0 Å². The first-order chi connectivity index (χ1) is 14.4. The molecule has 164 valence electrons. The van der Waals surface area contributed by atoms with Gasteiger partial charge in [0.25, 0.3) is 8.32 Å². The summed E-state index contributed by atoms with van der Waals surface area (Å²) in [6.07, 6.45) is 0.651. The van der Waals surface area contributed by atoms with E-state index in [2.05, 4.69) is 81.4 Å². The number of benzene rings is 2. The lowest BCUT2D eigenvalue weighted by molar-refractivity contribution is -0.150. The van der Waals surface area contributed by atoms with E-state index < -0.39 is 8.32 Å². The van der Waals surface area contributed by atoms with Crippen LogP contribution in [0.25, 0.3) is 0 Å². The summed E-state index contributed by atoms with van der Waals surface area (Å²) in [6.45, 7) is 12.3. The summed E-state index contributed by atoms with van der Waals surface area (Å²) in [5, 5.41) is 3.13. The predicted octanol–water partition coefficient (Wildman–Crippen LogP) is 4.84. The van der Waals surface area contributed by atoms with E-state index in [-0.39, 0.29) is 17.4 Å². The summed E-state index contributed by atoms with van der Waals surface area (Å²) in [5.74, 6) is 1.15. The van der Waals surface area contributed by atoms with Crippen LogP contribution < -0.4 is 10.4 Å². The second-order valence-corrected chi connectivity index (χ2v) is 14.3. The van der Waals surface area contributed by atoms with Crippen molar-refractivity contribution in [2.45, 2.75) is 63.7 Å². The summed E-state index contributed by atoms with van der Waals surface area (Å²) < 4.78 is 19.2. The molecule has 1 aliphatic rings. The van der Waals surface area contributed by atoms with Gasteiger partial charge >= 0.3 is 0 Å². The second kappa shape index (κ2) is 10.5. The van der Waals surface area contributed by atoms with E-state index in [1.54, 1.807) is 0 Å². The lowest BCUT2D eigenvalue weighted by Crippen LogP contribution is -2.68. The number of hydrogen-bond acceptors (Lipinski definition) is 4. The van der Waals surface area contributed by atoms with Crippen LogP contribution in [0.1, 0.15) is 41.0 Å². The summed E-state index contributed by atoms with van der Waals surface area (Å²) in [4.78, 5) is 0. The van der Waals surface area contributed by atoms with E-state index in [0.29, 0.717) is 18.5 Å². The van der Waals surface area contributed by atoms with Crippen LogP contribution in [-0.2, 0) is 13.9 Å². The molecule has 0 bridgehead atoms. The van der Waals surface area contributed by atoms with Gasteiger partial charge in [-0.2, -0.15) is 11.8 Å². The van der Waals surface area contributed by atoms with Crippen LogP contribution in [0.3, 0.4) is 0 Å². The first-order valence-electron chi connectivity index (χ1n) is 11.1. The molecule has 0 aliphatic carbocycles. The molecule has 2 aromatic carbocycles. The number of ether oxygens (including phenoxy) is 2. The fraction of sp³-hybridized carbons (Fsp3) is 0.520. The van der Waals surface area contributed by atoms with Crippen molar-refractivity contribution >= 4 is 30.5 Å². The molecular formula is C25H36O3SSi. The topological polar surface area (TPSA) is 27.7 Å². The van der Waals surface area contributed by atoms with Crippen LogP contribution in [0.2, 0.25) is 5.04 Å². The standard InChI is InChI=1S/C25H36O3SSi/c1-6-26-24(27-7-2)18-22(23-19-29-23)28-30(25(3,4)5,20-14-10-8-11-15-20)21-16-12-9-13-17-21/h8-17,22-24H,6-7,18-19H2,1-5H3/t22-,23+/m0/s1. The van der Waals surface area contributed by atoms with Crippen molar-refractivity contribution in [3.63, 3.8) is 0 Å². The Morgan fingerprint density at radius 2 is 1.37 bits per heavy atom. The highest BCUT2D eigenvalue weighted by Gasteiger charge is 2.53. The van der Waals surface area contributed by atoms with Crippen LogP contribution in [-0.4, -0.2) is 44.9 Å². The zero-order valence-electron chi connectivity index (χ0n) is 19.0. The van der Waals surface area contributed by atoms with Gasteiger partial charge in [-0.3, -0.25) is 0 Å². The van der Waals surface area contributed by atoms with Gasteiger partial charge in [-0.05, 0) is 29.3 Å². The SMILES string of the molecule is CCOC(C[C@H](O[Si](c1ccccc1)(c1ccccc1)C(C)(C)C)[C@H]1CS1)OCC. The van der Waals surface area contributed by atoms with E-state index in [4.69, 9.17) is 13.9 Å². The fourth-order valence-electron chi connectivity index (χ4n) is 4.21. The van der Waals surface area contributed by atoms with Crippen LogP contribution in [0, 0.1) is 0 Å². The molecule has 3 rings (SSSR count). The molecule has 0 saturated carbocycles. The second-order valence-electron chi connectivity index (χ2n) is 8.77. The van der Waals surface area contributed by atoms with Gasteiger partial charge in [-0.15, -0.1) is 0 Å². The monoisotopic (exact) mass is 444 g/mol. The summed E-state index contributed by atoms with van der Waals surface area (Å²) in [5.41, 5.74) is 0. The first kappa shape index (κ1) is 23.5. The van der Waals surface area contributed by atoms with Gasteiger partial charge in [0, 0.05) is 30.6 Å². The molecule has 0 radical (unpaired) electrons. The molecule has 1 fully saturated rings. The zero-order valence-corrected chi connectivity index (χ0v) is 20.8. The maximum absolute atomic E-state index is 7.38. The highest BCUT2D eigenvalue weighted by molar-refractivity contribution is 8.06. The largest absolute Gasteiger partial charge is 0.403 e. The molecule has 1 saturated heterocycles. The average Bonchev–Trinajstić information content (AvgIpc) is 3.57. The van der Waals surface area contributed by atoms with E-state index in [0.717, 1.165) is 12.2 Å². The average molecular weight is 445 g/mol. The summed E-state index contributed by atoms with van der Waals surface area (Å²) in [6, 6.07) is 21.7. The third-order valence-electron chi connectivity index (χ3n) is 5.65. The molecule has 30 heavy (non-hydrogen) atoms. The van der Waals surface area contributed by atoms with E-state index in [1.807, 2.05) is 25.6 Å². The Morgan fingerprint density at radius 3 is 1.73 bits per heavy atom. The Kier molecular flexibility index (Phi) is 8.22. The predicted molar refractivity (Wildman–Crippen MR) is 130 cm³/mol. The normalized spacial score (nSPS) is 17.9. The van der Waals surface area contributed by atoms with Crippen molar-refractivity contribution in [1.29, 1.82) is 0 Å². The highest BCUT2D eigenvalue weighted by atomic mass is 32.2. The molecule has 3 nitrogen and oxygen atoms in total.